The van der Waals surface area contributed by atoms with Gasteiger partial charge in [-0.25, -0.2) is 9.97 Å². The zero-order valence-electron chi connectivity index (χ0n) is 15.0. The van der Waals surface area contributed by atoms with Gasteiger partial charge in [-0.1, -0.05) is 24.3 Å². The van der Waals surface area contributed by atoms with Crippen molar-refractivity contribution >= 4 is 5.91 Å². The number of amides is 1. The molecule has 1 fully saturated rings. The lowest BCUT2D eigenvalue weighted by Crippen LogP contribution is -2.56. The molecule has 1 saturated heterocycles. The van der Waals surface area contributed by atoms with Crippen LogP contribution in [0.4, 0.5) is 0 Å². The first-order valence-corrected chi connectivity index (χ1v) is 9.19. The lowest BCUT2D eigenvalue weighted by atomic mass is 9.94. The molecule has 2 aliphatic heterocycles. The standard InChI is InChI=1S/C20H24N4O2/c1-14-21-9-6-17(22-14)20(26)24-11-8-18(19(25)13-24)23-10-7-15-4-2-3-5-16(15)12-23/h2-6,9,18-19,25H,7-8,10-13H2,1H3. The van der Waals surface area contributed by atoms with Crippen LogP contribution in [0.25, 0.3) is 0 Å². The predicted octanol–water partition coefficient (Wildman–Crippen LogP) is 1.42. The number of likely N-dealkylation sites (tertiary alicyclic amines) is 1. The highest BCUT2D eigenvalue weighted by Crippen LogP contribution is 2.25. The smallest absolute Gasteiger partial charge is 0.272 e. The lowest BCUT2D eigenvalue weighted by Gasteiger charge is -2.43. The highest BCUT2D eigenvalue weighted by atomic mass is 16.3. The number of rotatable bonds is 2. The SMILES string of the molecule is Cc1nccc(C(=O)N2CCC(N3CCc4ccccc4C3)C(O)C2)n1. The van der Waals surface area contributed by atoms with E-state index in [1.54, 1.807) is 24.1 Å². The number of piperidine rings is 1. The summed E-state index contributed by atoms with van der Waals surface area (Å²) in [6, 6.07) is 10.2. The molecule has 0 bridgehead atoms. The number of hydrogen-bond donors (Lipinski definition) is 1. The first-order chi connectivity index (χ1) is 12.6. The zero-order valence-corrected chi connectivity index (χ0v) is 15.0. The van der Waals surface area contributed by atoms with Crippen molar-refractivity contribution in [2.24, 2.45) is 0 Å². The highest BCUT2D eigenvalue weighted by molar-refractivity contribution is 5.92. The summed E-state index contributed by atoms with van der Waals surface area (Å²) < 4.78 is 0. The molecule has 0 aliphatic carbocycles. The van der Waals surface area contributed by atoms with E-state index in [-0.39, 0.29) is 11.9 Å². The van der Waals surface area contributed by atoms with Crippen LogP contribution in [-0.4, -0.2) is 62.6 Å². The summed E-state index contributed by atoms with van der Waals surface area (Å²) in [5.74, 6) is 0.454. The molecule has 2 aliphatic rings. The number of aliphatic hydroxyl groups excluding tert-OH is 1. The number of aryl methyl sites for hydroxylation is 1. The topological polar surface area (TPSA) is 69.6 Å². The largest absolute Gasteiger partial charge is 0.390 e. The van der Waals surface area contributed by atoms with Crippen LogP contribution in [0.1, 0.15) is 33.9 Å². The van der Waals surface area contributed by atoms with Crippen molar-refractivity contribution in [3.05, 3.63) is 59.2 Å². The van der Waals surface area contributed by atoms with Crippen molar-refractivity contribution in [3.63, 3.8) is 0 Å². The van der Waals surface area contributed by atoms with Crippen LogP contribution >= 0.6 is 0 Å². The van der Waals surface area contributed by atoms with E-state index in [2.05, 4.69) is 39.1 Å². The maximum absolute atomic E-state index is 12.7. The van der Waals surface area contributed by atoms with Crippen molar-refractivity contribution in [2.75, 3.05) is 19.6 Å². The number of fused-ring (bicyclic) bond motifs is 1. The Hall–Kier alpha value is -2.31. The molecule has 1 aromatic carbocycles. The quantitative estimate of drug-likeness (QED) is 0.885. The van der Waals surface area contributed by atoms with Crippen molar-refractivity contribution in [1.29, 1.82) is 0 Å². The zero-order chi connectivity index (χ0) is 18.1. The van der Waals surface area contributed by atoms with Crippen LogP contribution in [0, 0.1) is 6.92 Å². The summed E-state index contributed by atoms with van der Waals surface area (Å²) in [4.78, 5) is 25.0. The minimum absolute atomic E-state index is 0.0968. The van der Waals surface area contributed by atoms with Crippen molar-refractivity contribution in [3.8, 4) is 0 Å². The van der Waals surface area contributed by atoms with E-state index >= 15 is 0 Å². The molecule has 1 aromatic heterocycles. The van der Waals surface area contributed by atoms with Gasteiger partial charge in [0, 0.05) is 38.4 Å². The number of aliphatic hydroxyl groups is 1. The summed E-state index contributed by atoms with van der Waals surface area (Å²) in [5.41, 5.74) is 3.15. The number of hydrogen-bond acceptors (Lipinski definition) is 5. The minimum Gasteiger partial charge on any atom is -0.390 e. The third-order valence-electron chi connectivity index (χ3n) is 5.46. The summed E-state index contributed by atoms with van der Waals surface area (Å²) in [6.07, 6.45) is 2.85. The van der Waals surface area contributed by atoms with E-state index in [1.165, 1.54) is 11.1 Å². The van der Waals surface area contributed by atoms with Crippen LogP contribution in [0.5, 0.6) is 0 Å². The molecule has 0 spiro atoms. The molecule has 3 heterocycles. The third-order valence-corrected chi connectivity index (χ3v) is 5.46. The van der Waals surface area contributed by atoms with Crippen LogP contribution in [0.3, 0.4) is 0 Å². The maximum Gasteiger partial charge on any atom is 0.272 e. The van der Waals surface area contributed by atoms with Crippen molar-refractivity contribution in [1.82, 2.24) is 19.8 Å². The maximum atomic E-state index is 12.7. The highest BCUT2D eigenvalue weighted by Gasteiger charge is 2.35. The molecule has 1 amide bonds. The number of carbonyl (C=O) groups is 1. The number of β-amino-alcohol motifs (C(OH)–C–C–N with tert-alkyl or cyclic N) is 1. The molecule has 6 nitrogen and oxygen atoms in total. The van der Waals surface area contributed by atoms with E-state index < -0.39 is 6.10 Å². The fourth-order valence-corrected chi connectivity index (χ4v) is 4.07. The molecule has 6 heteroatoms. The molecule has 136 valence electrons. The van der Waals surface area contributed by atoms with Gasteiger partial charge in [-0.15, -0.1) is 0 Å². The monoisotopic (exact) mass is 352 g/mol. The summed E-state index contributed by atoms with van der Waals surface area (Å²) in [6.45, 7) is 4.59. The first-order valence-electron chi connectivity index (χ1n) is 9.19. The second kappa shape index (κ2) is 7.13. The Morgan fingerprint density at radius 1 is 1.19 bits per heavy atom. The third kappa shape index (κ3) is 3.34. The Kier molecular flexibility index (Phi) is 4.70. The molecule has 1 N–H and O–H groups in total. The van der Waals surface area contributed by atoms with Crippen LogP contribution in [0.15, 0.2) is 36.5 Å². The number of carbonyl (C=O) groups excluding carboxylic acids is 1. The second-order valence-corrected chi connectivity index (χ2v) is 7.15. The van der Waals surface area contributed by atoms with E-state index in [9.17, 15) is 9.90 Å². The summed E-state index contributed by atoms with van der Waals surface area (Å²) >= 11 is 0. The number of aromatic nitrogens is 2. The van der Waals surface area contributed by atoms with Gasteiger partial charge in [0.2, 0.25) is 0 Å². The van der Waals surface area contributed by atoms with Gasteiger partial charge in [-0.3, -0.25) is 9.69 Å². The molecule has 2 aromatic rings. The van der Waals surface area contributed by atoms with Gasteiger partial charge < -0.3 is 10.0 Å². The fraction of sp³-hybridized carbons (Fsp3) is 0.450. The Labute approximate surface area is 153 Å². The van der Waals surface area contributed by atoms with E-state index in [0.29, 0.717) is 24.6 Å². The molecule has 2 atom stereocenters. The number of nitrogens with zero attached hydrogens (tertiary/aromatic N) is 4. The van der Waals surface area contributed by atoms with Crippen LogP contribution < -0.4 is 0 Å². The Bertz CT molecular complexity index is 810. The Balaban J connectivity index is 1.42. The van der Waals surface area contributed by atoms with Gasteiger partial charge in [0.15, 0.2) is 0 Å². The van der Waals surface area contributed by atoms with Gasteiger partial charge in [-0.05, 0) is 37.0 Å². The van der Waals surface area contributed by atoms with Gasteiger partial charge in [0.25, 0.3) is 5.91 Å². The van der Waals surface area contributed by atoms with Crippen molar-refractivity contribution in [2.45, 2.75) is 38.5 Å². The first kappa shape index (κ1) is 17.1. The lowest BCUT2D eigenvalue weighted by molar-refractivity contribution is -0.0139. The average molecular weight is 352 g/mol. The second-order valence-electron chi connectivity index (χ2n) is 7.15. The number of benzene rings is 1. The Morgan fingerprint density at radius 2 is 2.00 bits per heavy atom. The molecule has 2 unspecified atom stereocenters. The van der Waals surface area contributed by atoms with Gasteiger partial charge >= 0.3 is 0 Å². The summed E-state index contributed by atoms with van der Waals surface area (Å²) in [7, 11) is 0. The van der Waals surface area contributed by atoms with Gasteiger partial charge in [0.05, 0.1) is 6.10 Å². The van der Waals surface area contributed by atoms with Gasteiger partial charge in [0.1, 0.15) is 11.5 Å². The van der Waals surface area contributed by atoms with Gasteiger partial charge in [-0.2, -0.15) is 0 Å². The van der Waals surface area contributed by atoms with E-state index in [0.717, 1.165) is 25.9 Å². The fourth-order valence-electron chi connectivity index (χ4n) is 4.07. The normalized spacial score (nSPS) is 23.5. The average Bonchev–Trinajstić information content (AvgIpc) is 2.67. The van der Waals surface area contributed by atoms with Crippen LogP contribution in [0.2, 0.25) is 0 Å². The molecular formula is C20H24N4O2. The van der Waals surface area contributed by atoms with E-state index in [4.69, 9.17) is 0 Å². The molecule has 26 heavy (non-hydrogen) atoms. The molecule has 0 radical (unpaired) electrons. The van der Waals surface area contributed by atoms with Crippen molar-refractivity contribution < 1.29 is 9.90 Å². The van der Waals surface area contributed by atoms with Crippen LogP contribution in [-0.2, 0) is 13.0 Å². The molecular weight excluding hydrogens is 328 g/mol. The molecule has 4 rings (SSSR count). The predicted molar refractivity (Wildman–Crippen MR) is 97.6 cm³/mol. The minimum atomic E-state index is -0.541. The Morgan fingerprint density at radius 3 is 2.77 bits per heavy atom. The summed E-state index contributed by atoms with van der Waals surface area (Å²) in [5, 5.41) is 10.7. The van der Waals surface area contributed by atoms with E-state index in [1.807, 2.05) is 0 Å². The molecule has 0 saturated carbocycles.